The number of carbonyl (C=O) groups excluding carboxylic acids is 2. The monoisotopic (exact) mass is 778 g/mol. The van der Waals surface area contributed by atoms with Crippen LogP contribution in [0, 0.1) is 10.8 Å². The number of nitrogens with zero attached hydrogens (tertiary/aromatic N) is 2. The number of phenols is 1. The second-order valence-corrected chi connectivity index (χ2v) is 17.6. The topological polar surface area (TPSA) is 151 Å². The molecule has 0 saturated carbocycles. The fraction of sp³-hybridized carbons (Fsp3) is 0.545. The molecule has 2 aromatic carbocycles. The molecule has 13 heteroatoms. The van der Waals surface area contributed by atoms with Crippen molar-refractivity contribution >= 4 is 23.3 Å². The molecule has 13 nitrogen and oxygen atoms in total. The SMILES string of the molecule is CC[C@@]12C=CCN3CC[C@]4(C(=C(C(=O)OC)C1)Nc1cc5c(cc14)[C@H]1[C@@H](O5)[C@H](O)[C@]4(CC)CC(C(=O)OC)=C5Nc6c(cc(O)c(OC)c6OC)[C@@]56CCN1[C@H]46)[C@H]32. The average molecular weight is 779 g/mol. The molecule has 3 saturated heterocycles. The quantitative estimate of drug-likeness (QED) is 0.181. The summed E-state index contributed by atoms with van der Waals surface area (Å²) < 4.78 is 29.4. The summed E-state index contributed by atoms with van der Waals surface area (Å²) >= 11 is 0. The van der Waals surface area contributed by atoms with E-state index in [1.54, 1.807) is 13.2 Å². The van der Waals surface area contributed by atoms with Gasteiger partial charge in [0.05, 0.1) is 62.1 Å². The van der Waals surface area contributed by atoms with Crippen molar-refractivity contribution in [2.24, 2.45) is 10.8 Å². The lowest BCUT2D eigenvalue weighted by atomic mass is 9.51. The summed E-state index contributed by atoms with van der Waals surface area (Å²) in [6, 6.07) is 5.76. The number of aromatic hydroxyl groups is 1. The van der Waals surface area contributed by atoms with E-state index < -0.39 is 34.4 Å². The molecule has 2 aliphatic carbocycles. The van der Waals surface area contributed by atoms with Crippen LogP contribution in [0.1, 0.15) is 75.1 Å². The van der Waals surface area contributed by atoms with Gasteiger partial charge in [-0.2, -0.15) is 0 Å². The van der Waals surface area contributed by atoms with Gasteiger partial charge < -0.3 is 44.5 Å². The van der Waals surface area contributed by atoms with Gasteiger partial charge in [0.15, 0.2) is 11.5 Å². The summed E-state index contributed by atoms with van der Waals surface area (Å²) in [6.45, 7) is 6.75. The normalized spacial score (nSPS) is 37.1. The highest BCUT2D eigenvalue weighted by molar-refractivity contribution is 5.95. The third-order valence-electron chi connectivity index (χ3n) is 16.2. The second kappa shape index (κ2) is 11.5. The minimum absolute atomic E-state index is 0.0589. The molecule has 0 unspecified atom stereocenters. The Balaban J connectivity index is 1.11. The van der Waals surface area contributed by atoms with E-state index in [1.165, 1.54) is 26.9 Å². The number of benzene rings is 2. The van der Waals surface area contributed by atoms with Crippen molar-refractivity contribution in [3.05, 3.63) is 69.6 Å². The first-order valence-electron chi connectivity index (χ1n) is 20.4. The third kappa shape index (κ3) is 3.83. The van der Waals surface area contributed by atoms with Gasteiger partial charge in [0.25, 0.3) is 0 Å². The summed E-state index contributed by atoms with van der Waals surface area (Å²) in [5, 5.41) is 31.7. The number of piperidine rings is 1. The molecule has 0 radical (unpaired) electrons. The highest BCUT2D eigenvalue weighted by Crippen LogP contribution is 2.72. The van der Waals surface area contributed by atoms with Gasteiger partial charge in [-0.05, 0) is 61.8 Å². The minimum Gasteiger partial charge on any atom is -0.504 e. The molecule has 0 bridgehead atoms. The largest absolute Gasteiger partial charge is 0.504 e. The minimum atomic E-state index is -0.953. The molecule has 4 N–H and O–H groups in total. The number of anilines is 2. The number of aliphatic hydroxyl groups is 1. The van der Waals surface area contributed by atoms with Crippen molar-refractivity contribution in [1.82, 2.24) is 9.80 Å². The fourth-order valence-electron chi connectivity index (χ4n) is 14.1. The molecule has 11 rings (SSSR count). The summed E-state index contributed by atoms with van der Waals surface area (Å²) in [7, 11) is 5.89. The maximum Gasteiger partial charge on any atom is 0.335 e. The van der Waals surface area contributed by atoms with Crippen LogP contribution in [0.15, 0.2) is 52.9 Å². The van der Waals surface area contributed by atoms with Gasteiger partial charge in [0, 0.05) is 71.3 Å². The zero-order valence-corrected chi connectivity index (χ0v) is 33.3. The van der Waals surface area contributed by atoms with Crippen molar-refractivity contribution in [3.63, 3.8) is 0 Å². The average Bonchev–Trinajstić information content (AvgIpc) is 4.05. The third-order valence-corrected chi connectivity index (χ3v) is 16.2. The highest BCUT2D eigenvalue weighted by Gasteiger charge is 2.74. The first-order valence-corrected chi connectivity index (χ1v) is 20.4. The molecule has 2 spiro atoms. The van der Waals surface area contributed by atoms with Crippen LogP contribution in [0.5, 0.6) is 23.0 Å². The van der Waals surface area contributed by atoms with Gasteiger partial charge in [-0.1, -0.05) is 26.0 Å². The standard InChI is InChI=1S/C44H50N4O9/c1-7-41-10-9-13-47-14-11-43(39(41)47)24-16-21-28(18-26(24)45-34(43)22(19-41)37(51)55-5)57-33-30(21)48-15-12-44-25-17-27(49)31(53-3)32(54-4)29(25)46-35(44)23(38(52)56-6)20-42(8-2,36(33)50)40(44)48/h9-10,16-18,30,33,36,39-40,45-46,49-50H,7-8,11-15,19-20H2,1-6H3/t30-,33+,36-,39+,40+,41+,42-,43-,44-/m0/s1. The Morgan fingerprint density at radius 1 is 0.877 bits per heavy atom. The van der Waals surface area contributed by atoms with Crippen LogP contribution in [-0.4, -0.2) is 104 Å². The van der Waals surface area contributed by atoms with Crippen LogP contribution < -0.4 is 24.8 Å². The van der Waals surface area contributed by atoms with E-state index in [9.17, 15) is 19.8 Å². The summed E-state index contributed by atoms with van der Waals surface area (Å²) in [5.41, 5.74) is 5.16. The highest BCUT2D eigenvalue weighted by atomic mass is 16.5. The number of hydrogen-bond donors (Lipinski definition) is 4. The van der Waals surface area contributed by atoms with Gasteiger partial charge in [-0.15, -0.1) is 0 Å². The van der Waals surface area contributed by atoms with Crippen molar-refractivity contribution in [1.29, 1.82) is 0 Å². The Morgan fingerprint density at radius 2 is 1.58 bits per heavy atom. The van der Waals surface area contributed by atoms with Gasteiger partial charge in [0.1, 0.15) is 18.0 Å². The molecule has 57 heavy (non-hydrogen) atoms. The number of fused-ring (bicyclic) bond motifs is 6. The fourth-order valence-corrected chi connectivity index (χ4v) is 14.1. The van der Waals surface area contributed by atoms with Crippen molar-refractivity contribution in [2.75, 3.05) is 58.7 Å². The molecule has 300 valence electrons. The van der Waals surface area contributed by atoms with E-state index in [1.807, 2.05) is 0 Å². The van der Waals surface area contributed by atoms with Crippen LogP contribution in [0.4, 0.5) is 11.4 Å². The maximum absolute atomic E-state index is 13.8. The molecular weight excluding hydrogens is 729 g/mol. The van der Waals surface area contributed by atoms with E-state index in [0.29, 0.717) is 54.1 Å². The molecule has 0 aromatic heterocycles. The Kier molecular flexibility index (Phi) is 7.14. The lowest BCUT2D eigenvalue weighted by Gasteiger charge is -2.60. The second-order valence-electron chi connectivity index (χ2n) is 17.6. The smallest absolute Gasteiger partial charge is 0.335 e. The molecule has 0 amide bonds. The molecular formula is C44H50N4O9. The maximum atomic E-state index is 13.8. The molecule has 9 aliphatic rings. The number of methoxy groups -OCH3 is 4. The van der Waals surface area contributed by atoms with Crippen LogP contribution in [0.2, 0.25) is 0 Å². The first kappa shape index (κ1) is 35.4. The molecule has 2 aromatic rings. The van der Waals surface area contributed by atoms with Gasteiger partial charge in [0.2, 0.25) is 5.75 Å². The number of rotatable bonds is 6. The Morgan fingerprint density at radius 3 is 2.28 bits per heavy atom. The zero-order valence-electron chi connectivity index (χ0n) is 33.3. The number of phenolic OH excluding ortho intramolecular Hbond substituents is 1. The Labute approximate surface area is 331 Å². The van der Waals surface area contributed by atoms with E-state index in [0.717, 1.165) is 54.1 Å². The first-order chi connectivity index (χ1) is 27.5. The predicted molar refractivity (Wildman–Crippen MR) is 208 cm³/mol. The number of esters is 2. The van der Waals surface area contributed by atoms with E-state index >= 15 is 0 Å². The molecule has 7 aliphatic heterocycles. The van der Waals surface area contributed by atoms with Gasteiger partial charge >= 0.3 is 11.9 Å². The Bertz CT molecular complexity index is 2300. The molecule has 9 atom stereocenters. The number of ether oxygens (including phenoxy) is 5. The van der Waals surface area contributed by atoms with Crippen molar-refractivity contribution < 1.29 is 43.5 Å². The number of carbonyl (C=O) groups is 2. The molecule has 3 fully saturated rings. The number of nitrogens with one attached hydrogen (secondary N) is 2. The van der Waals surface area contributed by atoms with E-state index in [2.05, 4.69) is 58.6 Å². The van der Waals surface area contributed by atoms with Crippen LogP contribution >= 0.6 is 0 Å². The lowest BCUT2D eigenvalue weighted by Crippen LogP contribution is -2.69. The van der Waals surface area contributed by atoms with Gasteiger partial charge in [-0.25, -0.2) is 9.59 Å². The van der Waals surface area contributed by atoms with Crippen molar-refractivity contribution in [3.8, 4) is 23.0 Å². The van der Waals surface area contributed by atoms with Gasteiger partial charge in [-0.3, -0.25) is 9.80 Å². The van der Waals surface area contributed by atoms with Crippen LogP contribution in [-0.2, 0) is 29.9 Å². The number of hydrogen-bond acceptors (Lipinski definition) is 13. The van der Waals surface area contributed by atoms with Crippen LogP contribution in [0.3, 0.4) is 0 Å². The van der Waals surface area contributed by atoms with Crippen LogP contribution in [0.25, 0.3) is 0 Å². The zero-order chi connectivity index (χ0) is 39.6. The summed E-state index contributed by atoms with van der Waals surface area (Å²) in [4.78, 5) is 32.6. The molecule has 7 heterocycles. The predicted octanol–water partition coefficient (Wildman–Crippen LogP) is 4.79. The van der Waals surface area contributed by atoms with E-state index in [4.69, 9.17) is 23.7 Å². The van der Waals surface area contributed by atoms with E-state index in [-0.39, 0.29) is 47.4 Å². The lowest BCUT2D eigenvalue weighted by molar-refractivity contribution is -0.168. The van der Waals surface area contributed by atoms with Crippen molar-refractivity contribution in [2.45, 2.75) is 93.5 Å². The summed E-state index contributed by atoms with van der Waals surface area (Å²) in [5.74, 6) is 0.475. The summed E-state index contributed by atoms with van der Waals surface area (Å²) in [6.07, 6.45) is 6.91. The Hall–Kier alpha value is -4.72. The number of aliphatic hydroxyl groups excluding tert-OH is 1.